The normalized spacial score (nSPS) is 21.2. The van der Waals surface area contributed by atoms with E-state index in [0.717, 1.165) is 12.1 Å². The molecule has 1 saturated heterocycles. The van der Waals surface area contributed by atoms with Crippen molar-refractivity contribution in [3.8, 4) is 0 Å². The van der Waals surface area contributed by atoms with Crippen LogP contribution in [0, 0.1) is 11.7 Å². The van der Waals surface area contributed by atoms with Crippen LogP contribution in [0.5, 0.6) is 0 Å². The number of hydrogen-bond donors (Lipinski definition) is 2. The number of carbonyl (C=O) groups excluding carboxylic acids is 1. The van der Waals surface area contributed by atoms with Crippen molar-refractivity contribution in [3.63, 3.8) is 0 Å². The van der Waals surface area contributed by atoms with Crippen LogP contribution in [0.1, 0.15) is 16.8 Å². The summed E-state index contributed by atoms with van der Waals surface area (Å²) in [5.41, 5.74) is 5.76. The highest BCUT2D eigenvalue weighted by Gasteiger charge is 2.28. The fraction of sp³-hybridized carbons (Fsp3) is 0.417. The first kappa shape index (κ1) is 13.8. The van der Waals surface area contributed by atoms with E-state index in [9.17, 15) is 17.6 Å². The maximum Gasteiger partial charge on any atom is 0.251 e. The van der Waals surface area contributed by atoms with Gasteiger partial charge in [0.2, 0.25) is 0 Å². The van der Waals surface area contributed by atoms with Gasteiger partial charge in [-0.1, -0.05) is 0 Å². The number of benzene rings is 1. The molecule has 104 valence electrons. The molecule has 0 aromatic heterocycles. The van der Waals surface area contributed by atoms with Crippen LogP contribution in [0.25, 0.3) is 0 Å². The lowest BCUT2D eigenvalue weighted by Crippen LogP contribution is -2.29. The number of rotatable bonds is 3. The van der Waals surface area contributed by atoms with E-state index in [1.807, 2.05) is 0 Å². The summed E-state index contributed by atoms with van der Waals surface area (Å²) in [5.74, 6) is -0.831. The van der Waals surface area contributed by atoms with Crippen LogP contribution in [-0.2, 0) is 9.84 Å². The van der Waals surface area contributed by atoms with Crippen molar-refractivity contribution < 1.29 is 17.6 Å². The molecule has 7 heteroatoms. The van der Waals surface area contributed by atoms with Gasteiger partial charge in [-0.15, -0.1) is 0 Å². The van der Waals surface area contributed by atoms with E-state index in [2.05, 4.69) is 5.32 Å². The number of halogens is 1. The SMILES string of the molecule is Nc1cc(F)cc(C(=O)NCC2CCS(=O)(=O)C2)c1. The first-order chi connectivity index (χ1) is 8.85. The van der Waals surface area contributed by atoms with E-state index < -0.39 is 21.6 Å². The topological polar surface area (TPSA) is 89.3 Å². The van der Waals surface area contributed by atoms with Crippen LogP contribution in [0.4, 0.5) is 10.1 Å². The lowest BCUT2D eigenvalue weighted by molar-refractivity contribution is 0.0948. The number of anilines is 1. The Bertz CT molecular complexity index is 581. The molecule has 2 rings (SSSR count). The molecule has 3 N–H and O–H groups in total. The van der Waals surface area contributed by atoms with Gasteiger partial charge in [0.1, 0.15) is 5.82 Å². The van der Waals surface area contributed by atoms with Gasteiger partial charge in [-0.2, -0.15) is 0 Å². The Morgan fingerprint density at radius 2 is 2.16 bits per heavy atom. The van der Waals surface area contributed by atoms with Crippen LogP contribution in [0.3, 0.4) is 0 Å². The van der Waals surface area contributed by atoms with E-state index in [1.165, 1.54) is 6.07 Å². The molecule has 1 aliphatic rings. The lowest BCUT2D eigenvalue weighted by atomic mass is 10.1. The average molecular weight is 286 g/mol. The number of nitrogens with one attached hydrogen (secondary N) is 1. The zero-order chi connectivity index (χ0) is 14.0. The number of amides is 1. The molecule has 1 aromatic carbocycles. The quantitative estimate of drug-likeness (QED) is 0.795. The molecule has 0 radical (unpaired) electrons. The second kappa shape index (κ2) is 5.16. The predicted molar refractivity (Wildman–Crippen MR) is 69.9 cm³/mol. The molecule has 1 fully saturated rings. The van der Waals surface area contributed by atoms with Gasteiger partial charge < -0.3 is 11.1 Å². The smallest absolute Gasteiger partial charge is 0.251 e. The minimum Gasteiger partial charge on any atom is -0.399 e. The number of nitrogens with two attached hydrogens (primary N) is 1. The summed E-state index contributed by atoms with van der Waals surface area (Å²) in [6.07, 6.45) is 0.550. The molecule has 0 bridgehead atoms. The van der Waals surface area contributed by atoms with Crippen molar-refractivity contribution in [2.45, 2.75) is 6.42 Å². The highest BCUT2D eigenvalue weighted by atomic mass is 32.2. The Morgan fingerprint density at radius 3 is 2.74 bits per heavy atom. The molecule has 0 spiro atoms. The minimum atomic E-state index is -2.95. The van der Waals surface area contributed by atoms with Crippen molar-refractivity contribution in [2.75, 3.05) is 23.8 Å². The van der Waals surface area contributed by atoms with Gasteiger partial charge in [0.15, 0.2) is 9.84 Å². The molecule has 1 unspecified atom stereocenters. The Morgan fingerprint density at radius 1 is 1.42 bits per heavy atom. The molecule has 1 atom stereocenters. The first-order valence-corrected chi connectivity index (χ1v) is 7.72. The number of hydrogen-bond acceptors (Lipinski definition) is 4. The molecule has 1 amide bonds. The monoisotopic (exact) mass is 286 g/mol. The number of nitrogen functional groups attached to an aromatic ring is 1. The number of carbonyl (C=O) groups is 1. The highest BCUT2D eigenvalue weighted by Crippen LogP contribution is 2.17. The van der Waals surface area contributed by atoms with Gasteiger partial charge in [0, 0.05) is 17.8 Å². The lowest BCUT2D eigenvalue weighted by Gasteiger charge is -2.10. The van der Waals surface area contributed by atoms with E-state index in [1.54, 1.807) is 0 Å². The third-order valence-electron chi connectivity index (χ3n) is 3.06. The molecule has 1 heterocycles. The van der Waals surface area contributed by atoms with Gasteiger partial charge in [-0.05, 0) is 30.5 Å². The highest BCUT2D eigenvalue weighted by molar-refractivity contribution is 7.91. The summed E-state index contributed by atoms with van der Waals surface area (Å²) < 4.78 is 35.6. The summed E-state index contributed by atoms with van der Waals surface area (Å²) in [4.78, 5) is 11.8. The van der Waals surface area contributed by atoms with Crippen molar-refractivity contribution in [1.29, 1.82) is 0 Å². The third kappa shape index (κ3) is 3.66. The zero-order valence-corrected chi connectivity index (χ0v) is 11.0. The van der Waals surface area contributed by atoms with Crippen LogP contribution in [-0.4, -0.2) is 32.4 Å². The van der Waals surface area contributed by atoms with Gasteiger partial charge in [0.05, 0.1) is 11.5 Å². The fourth-order valence-electron chi connectivity index (χ4n) is 2.12. The molecular weight excluding hydrogens is 271 g/mol. The predicted octanol–water partition coefficient (Wildman–Crippen LogP) is 0.572. The second-order valence-corrected chi connectivity index (χ2v) is 6.98. The Hall–Kier alpha value is -1.63. The molecule has 19 heavy (non-hydrogen) atoms. The van der Waals surface area contributed by atoms with Crippen molar-refractivity contribution >= 4 is 21.4 Å². The van der Waals surface area contributed by atoms with Crippen LogP contribution in [0.15, 0.2) is 18.2 Å². The van der Waals surface area contributed by atoms with Crippen LogP contribution >= 0.6 is 0 Å². The zero-order valence-electron chi connectivity index (χ0n) is 10.2. The summed E-state index contributed by atoms with van der Waals surface area (Å²) in [6.45, 7) is 0.272. The van der Waals surface area contributed by atoms with Crippen molar-refractivity contribution in [2.24, 2.45) is 5.92 Å². The Balaban J connectivity index is 1.95. The minimum absolute atomic E-state index is 0.0696. The number of sulfone groups is 1. The van der Waals surface area contributed by atoms with Crippen molar-refractivity contribution in [3.05, 3.63) is 29.6 Å². The first-order valence-electron chi connectivity index (χ1n) is 5.90. The molecule has 1 aromatic rings. The van der Waals surface area contributed by atoms with Gasteiger partial charge in [0.25, 0.3) is 5.91 Å². The van der Waals surface area contributed by atoms with E-state index >= 15 is 0 Å². The second-order valence-electron chi connectivity index (χ2n) is 4.75. The average Bonchev–Trinajstić information content (AvgIpc) is 2.64. The van der Waals surface area contributed by atoms with Crippen LogP contribution < -0.4 is 11.1 Å². The van der Waals surface area contributed by atoms with Gasteiger partial charge in [-0.3, -0.25) is 4.79 Å². The Labute approximate surface area is 110 Å². The van der Waals surface area contributed by atoms with Gasteiger partial charge in [-0.25, -0.2) is 12.8 Å². The van der Waals surface area contributed by atoms with E-state index in [-0.39, 0.29) is 35.2 Å². The summed E-state index contributed by atoms with van der Waals surface area (Å²) in [6, 6.07) is 3.60. The van der Waals surface area contributed by atoms with Crippen molar-refractivity contribution in [1.82, 2.24) is 5.32 Å². The molecule has 0 aliphatic carbocycles. The van der Waals surface area contributed by atoms with Crippen LogP contribution in [0.2, 0.25) is 0 Å². The van der Waals surface area contributed by atoms with E-state index in [0.29, 0.717) is 6.42 Å². The van der Waals surface area contributed by atoms with Gasteiger partial charge >= 0.3 is 0 Å². The maximum atomic E-state index is 13.1. The molecule has 5 nitrogen and oxygen atoms in total. The largest absolute Gasteiger partial charge is 0.399 e. The third-order valence-corrected chi connectivity index (χ3v) is 4.90. The maximum absolute atomic E-state index is 13.1. The Kier molecular flexibility index (Phi) is 3.75. The standard InChI is InChI=1S/C12H15FN2O3S/c13-10-3-9(4-11(14)5-10)12(16)15-6-8-1-2-19(17,18)7-8/h3-5,8H,1-2,6-7,14H2,(H,15,16). The molecule has 0 saturated carbocycles. The molecule has 1 aliphatic heterocycles. The molecular formula is C12H15FN2O3S. The fourth-order valence-corrected chi connectivity index (χ4v) is 3.98. The summed E-state index contributed by atoms with van der Waals surface area (Å²) in [7, 11) is -2.95. The summed E-state index contributed by atoms with van der Waals surface area (Å²) >= 11 is 0. The summed E-state index contributed by atoms with van der Waals surface area (Å²) in [5, 5.41) is 2.61. The van der Waals surface area contributed by atoms with E-state index in [4.69, 9.17) is 5.73 Å².